The van der Waals surface area contributed by atoms with E-state index in [9.17, 15) is 0 Å². The smallest absolute Gasteiger partial charge is 0.192 e. The van der Waals surface area contributed by atoms with Crippen molar-refractivity contribution in [2.24, 2.45) is 0 Å². The van der Waals surface area contributed by atoms with Gasteiger partial charge in [-0.2, -0.15) is 5.10 Å². The molecule has 0 saturated heterocycles. The van der Waals surface area contributed by atoms with Crippen LogP contribution in [0.15, 0.2) is 35.0 Å². The van der Waals surface area contributed by atoms with E-state index in [1.54, 1.807) is 13.0 Å². The lowest BCUT2D eigenvalue weighted by Gasteiger charge is -2.01. The van der Waals surface area contributed by atoms with Crippen molar-refractivity contribution in [1.29, 1.82) is 0 Å². The quantitative estimate of drug-likeness (QED) is 0.769. The molecule has 0 unspecified atom stereocenters. The Bertz CT molecular complexity index is 675. The third kappa shape index (κ3) is 1.78. The normalized spacial score (nSPS) is 10.8. The molecule has 3 rings (SSSR count). The molecule has 0 aliphatic heterocycles. The second-order valence-corrected chi connectivity index (χ2v) is 4.13. The van der Waals surface area contributed by atoms with Crippen LogP contribution in [0, 0.1) is 6.92 Å². The topological polar surface area (TPSA) is 67.6 Å². The zero-order chi connectivity index (χ0) is 12.5. The summed E-state index contributed by atoms with van der Waals surface area (Å²) in [4.78, 5) is 8.39. The monoisotopic (exact) mass is 260 g/mol. The highest BCUT2D eigenvalue weighted by Gasteiger charge is 2.18. The highest BCUT2D eigenvalue weighted by molar-refractivity contribution is 6.33. The van der Waals surface area contributed by atoms with E-state index in [1.165, 1.54) is 6.33 Å². The minimum atomic E-state index is 0.552. The summed E-state index contributed by atoms with van der Waals surface area (Å²) >= 11 is 6.17. The number of nitrogens with one attached hydrogen (secondary N) is 1. The molecule has 1 N–H and O–H groups in total. The maximum Gasteiger partial charge on any atom is 0.192 e. The number of benzene rings is 1. The molecular weight excluding hydrogens is 252 g/mol. The van der Waals surface area contributed by atoms with Gasteiger partial charge in [0.25, 0.3) is 0 Å². The van der Waals surface area contributed by atoms with Crippen LogP contribution in [0.2, 0.25) is 5.02 Å². The first-order valence-electron chi connectivity index (χ1n) is 5.34. The Kier molecular flexibility index (Phi) is 2.60. The van der Waals surface area contributed by atoms with Crippen molar-refractivity contribution >= 4 is 11.6 Å². The van der Waals surface area contributed by atoms with Gasteiger partial charge in [-0.3, -0.25) is 5.10 Å². The molecule has 0 radical (unpaired) electrons. The van der Waals surface area contributed by atoms with Crippen LogP contribution in [0.25, 0.3) is 22.8 Å². The average molecular weight is 261 g/mol. The van der Waals surface area contributed by atoms with E-state index in [0.29, 0.717) is 28.2 Å². The molecule has 1 aromatic carbocycles. The van der Waals surface area contributed by atoms with Gasteiger partial charge in [0.05, 0.1) is 5.02 Å². The van der Waals surface area contributed by atoms with E-state index in [4.69, 9.17) is 16.0 Å². The lowest BCUT2D eigenvalue weighted by atomic mass is 10.1. The van der Waals surface area contributed by atoms with Crippen molar-refractivity contribution in [3.63, 3.8) is 0 Å². The molecule has 0 saturated carbocycles. The predicted octanol–water partition coefficient (Wildman–Crippen LogP) is 3.09. The van der Waals surface area contributed by atoms with Gasteiger partial charge in [0.2, 0.25) is 0 Å². The van der Waals surface area contributed by atoms with Gasteiger partial charge in [-0.1, -0.05) is 23.7 Å². The first-order valence-corrected chi connectivity index (χ1v) is 5.71. The molecule has 0 amide bonds. The summed E-state index contributed by atoms with van der Waals surface area (Å²) in [6, 6.07) is 7.44. The average Bonchev–Trinajstić information content (AvgIpc) is 2.98. The van der Waals surface area contributed by atoms with Crippen LogP contribution < -0.4 is 0 Å². The third-order valence-electron chi connectivity index (χ3n) is 2.49. The van der Waals surface area contributed by atoms with Gasteiger partial charge < -0.3 is 4.42 Å². The van der Waals surface area contributed by atoms with Crippen LogP contribution in [-0.4, -0.2) is 20.2 Å². The van der Waals surface area contributed by atoms with Gasteiger partial charge in [0, 0.05) is 12.5 Å². The molecular formula is C12H9ClN4O. The lowest BCUT2D eigenvalue weighted by molar-refractivity contribution is 0.534. The number of aryl methyl sites for hydroxylation is 1. The third-order valence-corrected chi connectivity index (χ3v) is 2.82. The molecule has 18 heavy (non-hydrogen) atoms. The number of aromatic nitrogens is 4. The fourth-order valence-corrected chi connectivity index (χ4v) is 1.96. The minimum absolute atomic E-state index is 0.552. The SMILES string of the molecule is Cc1nc(-c2ncn[nH]2)c(-c2ccccc2Cl)o1. The van der Waals surface area contributed by atoms with E-state index in [0.717, 1.165) is 5.56 Å². The van der Waals surface area contributed by atoms with Gasteiger partial charge in [0.1, 0.15) is 6.33 Å². The van der Waals surface area contributed by atoms with Gasteiger partial charge in [-0.25, -0.2) is 9.97 Å². The van der Waals surface area contributed by atoms with E-state index in [1.807, 2.05) is 18.2 Å². The van der Waals surface area contributed by atoms with Crippen LogP contribution in [0.4, 0.5) is 0 Å². The van der Waals surface area contributed by atoms with E-state index in [-0.39, 0.29) is 0 Å². The fraction of sp³-hybridized carbons (Fsp3) is 0.0833. The maximum absolute atomic E-state index is 6.17. The van der Waals surface area contributed by atoms with Crippen molar-refractivity contribution in [3.8, 4) is 22.8 Å². The van der Waals surface area contributed by atoms with Crippen molar-refractivity contribution in [3.05, 3.63) is 41.5 Å². The molecule has 0 atom stereocenters. The molecule has 90 valence electrons. The Morgan fingerprint density at radius 1 is 1.28 bits per heavy atom. The van der Waals surface area contributed by atoms with E-state index >= 15 is 0 Å². The van der Waals surface area contributed by atoms with Crippen molar-refractivity contribution < 1.29 is 4.42 Å². The first kappa shape index (κ1) is 11.0. The molecule has 2 aromatic heterocycles. The van der Waals surface area contributed by atoms with Gasteiger partial charge in [-0.05, 0) is 12.1 Å². The molecule has 3 aromatic rings. The van der Waals surface area contributed by atoms with Crippen LogP contribution in [0.1, 0.15) is 5.89 Å². The Morgan fingerprint density at radius 3 is 2.83 bits per heavy atom. The summed E-state index contributed by atoms with van der Waals surface area (Å²) in [5.41, 5.74) is 1.39. The first-order chi connectivity index (χ1) is 8.75. The summed E-state index contributed by atoms with van der Waals surface area (Å²) in [6.45, 7) is 1.78. The summed E-state index contributed by atoms with van der Waals surface area (Å²) in [5, 5.41) is 7.19. The second-order valence-electron chi connectivity index (χ2n) is 3.72. The molecule has 0 fully saturated rings. The largest absolute Gasteiger partial charge is 0.440 e. The number of nitrogens with zero attached hydrogens (tertiary/aromatic N) is 3. The molecule has 2 heterocycles. The standard InChI is InChI=1S/C12H9ClN4O/c1-7-16-10(12-14-6-15-17-12)11(18-7)8-4-2-3-5-9(8)13/h2-6H,1H3,(H,14,15,17). The number of halogens is 1. The van der Waals surface area contributed by atoms with E-state index < -0.39 is 0 Å². The molecule has 0 aliphatic carbocycles. The maximum atomic E-state index is 6.17. The van der Waals surface area contributed by atoms with Crippen molar-refractivity contribution in [1.82, 2.24) is 20.2 Å². The zero-order valence-corrected chi connectivity index (χ0v) is 10.3. The second kappa shape index (κ2) is 4.27. The van der Waals surface area contributed by atoms with Crippen LogP contribution in [-0.2, 0) is 0 Å². The summed E-state index contributed by atoms with van der Waals surface area (Å²) in [7, 11) is 0. The van der Waals surface area contributed by atoms with Gasteiger partial charge in [-0.15, -0.1) is 0 Å². The van der Waals surface area contributed by atoms with Crippen LogP contribution in [0.5, 0.6) is 0 Å². The van der Waals surface area contributed by atoms with Gasteiger partial charge >= 0.3 is 0 Å². The number of H-pyrrole nitrogens is 1. The van der Waals surface area contributed by atoms with Crippen molar-refractivity contribution in [2.75, 3.05) is 0 Å². The lowest BCUT2D eigenvalue weighted by Crippen LogP contribution is -1.85. The van der Waals surface area contributed by atoms with Crippen molar-refractivity contribution in [2.45, 2.75) is 6.92 Å². The van der Waals surface area contributed by atoms with Crippen LogP contribution >= 0.6 is 11.6 Å². The zero-order valence-electron chi connectivity index (χ0n) is 9.51. The Labute approximate surface area is 108 Å². The Hall–Kier alpha value is -2.14. The summed E-state index contributed by atoms with van der Waals surface area (Å²) in [5.74, 6) is 1.70. The van der Waals surface area contributed by atoms with E-state index in [2.05, 4.69) is 20.2 Å². The number of aromatic amines is 1. The fourth-order valence-electron chi connectivity index (χ4n) is 1.74. The molecule has 0 bridgehead atoms. The molecule has 0 aliphatic rings. The molecule has 5 nitrogen and oxygen atoms in total. The highest BCUT2D eigenvalue weighted by atomic mass is 35.5. The Balaban J connectivity index is 2.22. The Morgan fingerprint density at radius 2 is 2.11 bits per heavy atom. The van der Waals surface area contributed by atoms with Gasteiger partial charge in [0.15, 0.2) is 23.2 Å². The highest BCUT2D eigenvalue weighted by Crippen LogP contribution is 2.34. The summed E-state index contributed by atoms with van der Waals surface area (Å²) < 4.78 is 5.62. The number of oxazole rings is 1. The predicted molar refractivity (Wildman–Crippen MR) is 67.1 cm³/mol. The number of hydrogen-bond acceptors (Lipinski definition) is 4. The summed E-state index contributed by atoms with van der Waals surface area (Å²) in [6.07, 6.45) is 1.43. The number of rotatable bonds is 2. The molecule has 0 spiro atoms. The number of hydrogen-bond donors (Lipinski definition) is 1. The van der Waals surface area contributed by atoms with Crippen LogP contribution in [0.3, 0.4) is 0 Å². The minimum Gasteiger partial charge on any atom is -0.440 e. The molecule has 6 heteroatoms.